The summed E-state index contributed by atoms with van der Waals surface area (Å²) >= 11 is 1.86. The molecule has 24 heavy (non-hydrogen) atoms. The molecule has 1 aliphatic rings. The molecule has 1 saturated heterocycles. The fourth-order valence-electron chi connectivity index (χ4n) is 2.91. The van der Waals surface area contributed by atoms with Crippen LogP contribution in [0.25, 0.3) is 0 Å². The van der Waals surface area contributed by atoms with Gasteiger partial charge in [-0.15, -0.1) is 11.8 Å². The number of hydrogen-bond donors (Lipinski definition) is 2. The molecule has 0 aromatic heterocycles. The Hall–Kier alpha value is -1.20. The quantitative estimate of drug-likeness (QED) is 0.344. The van der Waals surface area contributed by atoms with Crippen molar-refractivity contribution in [3.8, 4) is 0 Å². The molecule has 0 aliphatic carbocycles. The van der Waals surface area contributed by atoms with Crippen LogP contribution in [-0.2, 0) is 0 Å². The van der Waals surface area contributed by atoms with E-state index in [0.717, 1.165) is 24.8 Å². The summed E-state index contributed by atoms with van der Waals surface area (Å²) in [4.78, 5) is 8.60. The van der Waals surface area contributed by atoms with Gasteiger partial charge in [-0.2, -0.15) is 0 Å². The molecule has 2 rings (SSSR count). The van der Waals surface area contributed by atoms with E-state index in [0.29, 0.717) is 12.1 Å². The minimum Gasteiger partial charge on any atom is -0.357 e. The Balaban J connectivity index is 1.74. The van der Waals surface area contributed by atoms with Gasteiger partial charge >= 0.3 is 0 Å². The van der Waals surface area contributed by atoms with Crippen LogP contribution in [0.3, 0.4) is 0 Å². The zero-order chi connectivity index (χ0) is 17.2. The third kappa shape index (κ3) is 6.73. The van der Waals surface area contributed by atoms with Gasteiger partial charge in [-0.25, -0.2) is 0 Å². The number of benzene rings is 1. The van der Waals surface area contributed by atoms with E-state index in [2.05, 4.69) is 66.6 Å². The summed E-state index contributed by atoms with van der Waals surface area (Å²) < 4.78 is 0. The lowest BCUT2D eigenvalue weighted by Crippen LogP contribution is -2.49. The molecule has 0 atom stereocenters. The predicted molar refractivity (Wildman–Crippen MR) is 106 cm³/mol. The molecule has 134 valence electrons. The summed E-state index contributed by atoms with van der Waals surface area (Å²) in [7, 11) is 0. The average molecular weight is 349 g/mol. The maximum Gasteiger partial charge on any atom is 0.191 e. The van der Waals surface area contributed by atoms with Gasteiger partial charge in [0, 0.05) is 42.4 Å². The lowest BCUT2D eigenvalue weighted by Gasteiger charge is -2.35. The number of piperidine rings is 1. The lowest BCUT2D eigenvalue weighted by atomic mass is 10.0. The van der Waals surface area contributed by atoms with Crippen molar-refractivity contribution in [2.45, 2.75) is 50.6 Å². The Morgan fingerprint density at radius 3 is 2.58 bits per heavy atom. The van der Waals surface area contributed by atoms with Crippen molar-refractivity contribution in [3.05, 3.63) is 30.3 Å². The van der Waals surface area contributed by atoms with Crippen molar-refractivity contribution >= 4 is 17.7 Å². The molecule has 1 aromatic rings. The molecule has 4 nitrogen and oxygen atoms in total. The molecule has 0 bridgehead atoms. The first-order chi connectivity index (χ1) is 11.7. The zero-order valence-electron chi connectivity index (χ0n) is 15.3. The van der Waals surface area contributed by atoms with Crippen LogP contribution in [0.15, 0.2) is 40.2 Å². The van der Waals surface area contributed by atoms with E-state index in [-0.39, 0.29) is 0 Å². The van der Waals surface area contributed by atoms with Crippen LogP contribution in [0.2, 0.25) is 0 Å². The maximum absolute atomic E-state index is 4.74. The van der Waals surface area contributed by atoms with Gasteiger partial charge in [-0.1, -0.05) is 18.2 Å². The first kappa shape index (κ1) is 19.1. The van der Waals surface area contributed by atoms with E-state index in [4.69, 9.17) is 4.99 Å². The second-order valence-electron chi connectivity index (χ2n) is 6.47. The van der Waals surface area contributed by atoms with Gasteiger partial charge in [-0.05, 0) is 45.7 Å². The van der Waals surface area contributed by atoms with Crippen molar-refractivity contribution in [2.24, 2.45) is 4.99 Å². The van der Waals surface area contributed by atoms with Crippen molar-refractivity contribution in [1.29, 1.82) is 0 Å². The molecule has 0 amide bonds. The number of guanidine groups is 1. The van der Waals surface area contributed by atoms with Gasteiger partial charge in [0.1, 0.15) is 0 Å². The highest BCUT2D eigenvalue weighted by Crippen LogP contribution is 2.16. The second kappa shape index (κ2) is 10.6. The van der Waals surface area contributed by atoms with E-state index in [1.165, 1.54) is 30.8 Å². The predicted octanol–water partition coefficient (Wildman–Crippen LogP) is 3.21. The van der Waals surface area contributed by atoms with Crippen LogP contribution in [-0.4, -0.2) is 54.9 Å². The summed E-state index contributed by atoms with van der Waals surface area (Å²) in [5, 5.41) is 7.00. The number of rotatable bonds is 7. The van der Waals surface area contributed by atoms with Crippen LogP contribution in [0.5, 0.6) is 0 Å². The Kier molecular flexibility index (Phi) is 8.47. The topological polar surface area (TPSA) is 39.7 Å². The van der Waals surface area contributed by atoms with E-state index in [9.17, 15) is 0 Å². The summed E-state index contributed by atoms with van der Waals surface area (Å²) in [6, 6.07) is 11.7. The van der Waals surface area contributed by atoms with Crippen molar-refractivity contribution in [2.75, 3.05) is 31.9 Å². The number of aliphatic imine (C=N–C) groups is 1. The normalized spacial score (nSPS) is 17.2. The SMILES string of the molecule is CCNC(=NCCSc1ccccc1)NC1CCN(C(C)C)CC1. The largest absolute Gasteiger partial charge is 0.357 e. The molecule has 1 aliphatic heterocycles. The molecule has 2 N–H and O–H groups in total. The highest BCUT2D eigenvalue weighted by Gasteiger charge is 2.21. The van der Waals surface area contributed by atoms with E-state index >= 15 is 0 Å². The smallest absolute Gasteiger partial charge is 0.191 e. The van der Waals surface area contributed by atoms with E-state index < -0.39 is 0 Å². The zero-order valence-corrected chi connectivity index (χ0v) is 16.1. The van der Waals surface area contributed by atoms with Gasteiger partial charge < -0.3 is 15.5 Å². The molecule has 0 spiro atoms. The summed E-state index contributed by atoms with van der Waals surface area (Å²) in [6.07, 6.45) is 2.39. The molecular formula is C19H32N4S. The lowest BCUT2D eigenvalue weighted by molar-refractivity contribution is 0.167. The third-order valence-electron chi connectivity index (χ3n) is 4.32. The van der Waals surface area contributed by atoms with Gasteiger partial charge in [0.15, 0.2) is 5.96 Å². The first-order valence-electron chi connectivity index (χ1n) is 9.15. The Labute approximate surface area is 151 Å². The summed E-state index contributed by atoms with van der Waals surface area (Å²) in [6.45, 7) is 10.8. The molecule has 0 saturated carbocycles. The fourth-order valence-corrected chi connectivity index (χ4v) is 3.68. The van der Waals surface area contributed by atoms with Crippen molar-refractivity contribution in [1.82, 2.24) is 15.5 Å². The van der Waals surface area contributed by atoms with Gasteiger partial charge in [0.2, 0.25) is 0 Å². The van der Waals surface area contributed by atoms with Crippen molar-refractivity contribution in [3.63, 3.8) is 0 Å². The van der Waals surface area contributed by atoms with Crippen LogP contribution in [0.1, 0.15) is 33.6 Å². The Morgan fingerprint density at radius 2 is 1.96 bits per heavy atom. The number of likely N-dealkylation sites (tertiary alicyclic amines) is 1. The molecular weight excluding hydrogens is 316 g/mol. The van der Waals surface area contributed by atoms with Crippen LogP contribution < -0.4 is 10.6 Å². The molecule has 0 unspecified atom stereocenters. The van der Waals surface area contributed by atoms with Crippen LogP contribution in [0.4, 0.5) is 0 Å². The summed E-state index contributed by atoms with van der Waals surface area (Å²) in [5.41, 5.74) is 0. The highest BCUT2D eigenvalue weighted by molar-refractivity contribution is 7.99. The average Bonchev–Trinajstić information content (AvgIpc) is 2.60. The number of nitrogens with one attached hydrogen (secondary N) is 2. The van der Waals surface area contributed by atoms with Gasteiger partial charge in [0.25, 0.3) is 0 Å². The minimum absolute atomic E-state index is 0.541. The van der Waals surface area contributed by atoms with Crippen molar-refractivity contribution < 1.29 is 0 Å². The monoisotopic (exact) mass is 348 g/mol. The molecule has 1 fully saturated rings. The Morgan fingerprint density at radius 1 is 1.25 bits per heavy atom. The van der Waals surface area contributed by atoms with E-state index in [1.807, 2.05) is 11.8 Å². The number of hydrogen-bond acceptors (Lipinski definition) is 3. The molecule has 5 heteroatoms. The number of nitrogens with zero attached hydrogens (tertiary/aromatic N) is 2. The van der Waals surface area contributed by atoms with Crippen LogP contribution in [0, 0.1) is 0 Å². The molecule has 1 heterocycles. The van der Waals surface area contributed by atoms with Gasteiger partial charge in [-0.3, -0.25) is 4.99 Å². The summed E-state index contributed by atoms with van der Waals surface area (Å²) in [5.74, 6) is 1.97. The fraction of sp³-hybridized carbons (Fsp3) is 0.632. The third-order valence-corrected chi connectivity index (χ3v) is 5.31. The standard InChI is InChI=1S/C19H32N4S/c1-4-20-19(21-12-15-24-18-8-6-5-7-9-18)22-17-10-13-23(14-11-17)16(2)3/h5-9,16-17H,4,10-15H2,1-3H3,(H2,20,21,22). The van der Waals surface area contributed by atoms with Gasteiger partial charge in [0.05, 0.1) is 6.54 Å². The molecule has 1 aromatic carbocycles. The van der Waals surface area contributed by atoms with Crippen LogP contribution >= 0.6 is 11.8 Å². The maximum atomic E-state index is 4.74. The second-order valence-corrected chi connectivity index (χ2v) is 7.64. The number of thioether (sulfide) groups is 1. The van der Waals surface area contributed by atoms with E-state index in [1.54, 1.807) is 0 Å². The minimum atomic E-state index is 0.541. The highest BCUT2D eigenvalue weighted by atomic mass is 32.2. The first-order valence-corrected chi connectivity index (χ1v) is 10.1. The Bertz CT molecular complexity index is 481. The molecule has 0 radical (unpaired) electrons.